The first kappa shape index (κ1) is 15.5. The molecule has 118 valence electrons. The fourth-order valence-corrected chi connectivity index (χ4v) is 2.42. The highest BCUT2D eigenvalue weighted by atomic mass is 16.5. The van der Waals surface area contributed by atoms with Gasteiger partial charge in [0.15, 0.2) is 17.2 Å². The standard InChI is InChI=1S/C19H15N3O2/c1-12(23)18-19(13(2)24-22-18)21-17-5-3-4-16(10-17)15-8-6-14(11-20)7-9-15/h3-10,21H,1-2H3. The molecular weight excluding hydrogens is 302 g/mol. The number of anilines is 2. The molecule has 5 nitrogen and oxygen atoms in total. The molecule has 0 bridgehead atoms. The minimum atomic E-state index is -0.155. The maximum atomic E-state index is 11.6. The first-order valence-electron chi connectivity index (χ1n) is 7.43. The molecule has 0 aliphatic rings. The van der Waals surface area contributed by atoms with Crippen LogP contribution in [0.2, 0.25) is 0 Å². The fraction of sp³-hybridized carbons (Fsp3) is 0.105. The topological polar surface area (TPSA) is 78.9 Å². The lowest BCUT2D eigenvalue weighted by atomic mass is 10.0. The highest BCUT2D eigenvalue weighted by Crippen LogP contribution is 2.28. The second-order valence-corrected chi connectivity index (χ2v) is 5.41. The van der Waals surface area contributed by atoms with Gasteiger partial charge in [-0.25, -0.2) is 0 Å². The molecule has 1 N–H and O–H groups in total. The van der Waals surface area contributed by atoms with Crippen molar-refractivity contribution in [1.82, 2.24) is 5.16 Å². The van der Waals surface area contributed by atoms with Crippen LogP contribution in [0.1, 0.15) is 28.7 Å². The van der Waals surface area contributed by atoms with Gasteiger partial charge in [-0.2, -0.15) is 5.26 Å². The second-order valence-electron chi connectivity index (χ2n) is 5.41. The monoisotopic (exact) mass is 317 g/mol. The largest absolute Gasteiger partial charge is 0.359 e. The number of nitrogens with one attached hydrogen (secondary N) is 1. The SMILES string of the molecule is CC(=O)c1noc(C)c1Nc1cccc(-c2ccc(C#N)cc2)c1. The average molecular weight is 317 g/mol. The van der Waals surface area contributed by atoms with Gasteiger partial charge in [-0.15, -0.1) is 0 Å². The Kier molecular flexibility index (Phi) is 4.13. The molecule has 0 saturated carbocycles. The van der Waals surface area contributed by atoms with Gasteiger partial charge in [0.25, 0.3) is 0 Å². The zero-order valence-corrected chi connectivity index (χ0v) is 13.3. The molecule has 0 radical (unpaired) electrons. The van der Waals surface area contributed by atoms with E-state index in [4.69, 9.17) is 9.78 Å². The summed E-state index contributed by atoms with van der Waals surface area (Å²) in [6.07, 6.45) is 0. The van der Waals surface area contributed by atoms with Crippen LogP contribution in [0.4, 0.5) is 11.4 Å². The summed E-state index contributed by atoms with van der Waals surface area (Å²) in [6.45, 7) is 3.21. The van der Waals surface area contributed by atoms with Crippen LogP contribution in [-0.2, 0) is 0 Å². The number of hydrogen-bond acceptors (Lipinski definition) is 5. The van der Waals surface area contributed by atoms with E-state index in [9.17, 15) is 4.79 Å². The van der Waals surface area contributed by atoms with Gasteiger partial charge in [-0.3, -0.25) is 4.79 Å². The Balaban J connectivity index is 1.92. The molecule has 0 aliphatic heterocycles. The lowest BCUT2D eigenvalue weighted by Gasteiger charge is -2.08. The van der Waals surface area contributed by atoms with Crippen molar-refractivity contribution >= 4 is 17.2 Å². The van der Waals surface area contributed by atoms with Crippen molar-refractivity contribution in [1.29, 1.82) is 5.26 Å². The van der Waals surface area contributed by atoms with Crippen molar-refractivity contribution in [3.8, 4) is 17.2 Å². The number of rotatable bonds is 4. The Morgan fingerprint density at radius 2 is 1.92 bits per heavy atom. The fourth-order valence-electron chi connectivity index (χ4n) is 2.42. The van der Waals surface area contributed by atoms with Gasteiger partial charge in [0.05, 0.1) is 11.6 Å². The molecule has 2 aromatic carbocycles. The Bertz CT molecular complexity index is 934. The Morgan fingerprint density at radius 3 is 2.58 bits per heavy atom. The summed E-state index contributed by atoms with van der Waals surface area (Å²) in [5.41, 5.74) is 4.33. The first-order valence-corrected chi connectivity index (χ1v) is 7.43. The van der Waals surface area contributed by atoms with Crippen molar-refractivity contribution in [3.63, 3.8) is 0 Å². The van der Waals surface area contributed by atoms with Crippen LogP contribution in [0.15, 0.2) is 53.1 Å². The Labute approximate surface area is 139 Å². The summed E-state index contributed by atoms with van der Waals surface area (Å²) in [5.74, 6) is 0.404. The average Bonchev–Trinajstić information content (AvgIpc) is 2.96. The number of benzene rings is 2. The van der Waals surface area contributed by atoms with Gasteiger partial charge in [0, 0.05) is 12.6 Å². The summed E-state index contributed by atoms with van der Waals surface area (Å²) >= 11 is 0. The van der Waals surface area contributed by atoms with Crippen LogP contribution >= 0.6 is 0 Å². The van der Waals surface area contributed by atoms with Gasteiger partial charge < -0.3 is 9.84 Å². The van der Waals surface area contributed by atoms with Crippen molar-refractivity contribution in [3.05, 3.63) is 65.5 Å². The molecule has 3 rings (SSSR count). The molecule has 1 heterocycles. The molecule has 5 heteroatoms. The summed E-state index contributed by atoms with van der Waals surface area (Å²) in [4.78, 5) is 11.6. The Hall–Kier alpha value is -3.39. The molecule has 0 amide bonds. The molecule has 0 aliphatic carbocycles. The molecule has 0 fully saturated rings. The van der Waals surface area contributed by atoms with Crippen LogP contribution in [-0.4, -0.2) is 10.9 Å². The molecule has 0 atom stereocenters. The lowest BCUT2D eigenvalue weighted by Crippen LogP contribution is -1.99. The van der Waals surface area contributed by atoms with Crippen LogP contribution in [0.3, 0.4) is 0 Å². The van der Waals surface area contributed by atoms with Crippen molar-refractivity contribution < 1.29 is 9.32 Å². The third-order valence-corrected chi connectivity index (χ3v) is 3.68. The van der Waals surface area contributed by atoms with E-state index in [2.05, 4.69) is 16.5 Å². The van der Waals surface area contributed by atoms with Gasteiger partial charge in [-0.1, -0.05) is 29.4 Å². The van der Waals surface area contributed by atoms with Crippen LogP contribution in [0, 0.1) is 18.3 Å². The van der Waals surface area contributed by atoms with Crippen molar-refractivity contribution in [2.45, 2.75) is 13.8 Å². The van der Waals surface area contributed by atoms with E-state index in [-0.39, 0.29) is 11.5 Å². The van der Waals surface area contributed by atoms with Gasteiger partial charge in [0.1, 0.15) is 5.69 Å². The minimum Gasteiger partial charge on any atom is -0.359 e. The maximum absolute atomic E-state index is 11.6. The number of nitriles is 1. The van der Waals surface area contributed by atoms with Crippen molar-refractivity contribution in [2.24, 2.45) is 0 Å². The molecule has 0 unspecified atom stereocenters. The molecule has 1 aromatic heterocycles. The van der Waals surface area contributed by atoms with E-state index in [1.165, 1.54) is 6.92 Å². The number of ketones is 1. The van der Waals surface area contributed by atoms with Gasteiger partial charge in [0.2, 0.25) is 0 Å². The van der Waals surface area contributed by atoms with E-state index >= 15 is 0 Å². The van der Waals surface area contributed by atoms with E-state index < -0.39 is 0 Å². The third-order valence-electron chi connectivity index (χ3n) is 3.68. The highest BCUT2D eigenvalue weighted by Gasteiger charge is 2.16. The summed E-state index contributed by atoms with van der Waals surface area (Å²) < 4.78 is 5.11. The first-order chi connectivity index (χ1) is 11.6. The van der Waals surface area contributed by atoms with E-state index in [0.717, 1.165) is 16.8 Å². The summed E-state index contributed by atoms with van der Waals surface area (Å²) in [6, 6.07) is 17.3. The van der Waals surface area contributed by atoms with E-state index in [1.54, 1.807) is 19.1 Å². The summed E-state index contributed by atoms with van der Waals surface area (Å²) in [7, 11) is 0. The molecule has 24 heavy (non-hydrogen) atoms. The smallest absolute Gasteiger partial charge is 0.183 e. The molecular formula is C19H15N3O2. The third kappa shape index (κ3) is 3.03. The zero-order chi connectivity index (χ0) is 17.1. The number of carbonyl (C=O) groups excluding carboxylic acids is 1. The van der Waals surface area contributed by atoms with Crippen LogP contribution < -0.4 is 5.32 Å². The number of aryl methyl sites for hydroxylation is 1. The predicted octanol–water partition coefficient (Wildman–Crippen LogP) is 4.47. The maximum Gasteiger partial charge on any atom is 0.183 e. The lowest BCUT2D eigenvalue weighted by molar-refractivity contribution is 0.101. The predicted molar refractivity (Wildman–Crippen MR) is 91.1 cm³/mol. The van der Waals surface area contributed by atoms with E-state index in [0.29, 0.717) is 17.0 Å². The number of carbonyl (C=O) groups is 1. The highest BCUT2D eigenvalue weighted by molar-refractivity contribution is 5.98. The number of aromatic nitrogens is 1. The number of hydrogen-bond donors (Lipinski definition) is 1. The quantitative estimate of drug-likeness (QED) is 0.718. The molecule has 0 spiro atoms. The van der Waals surface area contributed by atoms with E-state index in [1.807, 2.05) is 36.4 Å². The zero-order valence-electron chi connectivity index (χ0n) is 13.3. The number of nitrogens with zero attached hydrogens (tertiary/aromatic N) is 2. The van der Waals surface area contributed by atoms with Gasteiger partial charge >= 0.3 is 0 Å². The number of Topliss-reactive ketones (excluding diaryl/α,β-unsaturated/α-hetero) is 1. The molecule has 3 aromatic rings. The second kappa shape index (κ2) is 6.39. The van der Waals surface area contributed by atoms with Crippen LogP contribution in [0.5, 0.6) is 0 Å². The minimum absolute atomic E-state index is 0.155. The Morgan fingerprint density at radius 1 is 1.17 bits per heavy atom. The summed E-state index contributed by atoms with van der Waals surface area (Å²) in [5, 5.41) is 15.9. The molecule has 0 saturated heterocycles. The van der Waals surface area contributed by atoms with Crippen LogP contribution in [0.25, 0.3) is 11.1 Å². The van der Waals surface area contributed by atoms with Crippen molar-refractivity contribution in [2.75, 3.05) is 5.32 Å². The normalized spacial score (nSPS) is 10.2. The van der Waals surface area contributed by atoms with Gasteiger partial charge in [-0.05, 0) is 42.3 Å².